The van der Waals surface area contributed by atoms with Crippen molar-refractivity contribution in [2.75, 3.05) is 31.3 Å². The summed E-state index contributed by atoms with van der Waals surface area (Å²) in [5.41, 5.74) is 5.83. The molecule has 0 saturated carbocycles. The smallest absolute Gasteiger partial charge is 0.0621 e. The monoisotopic (exact) mass is 218 g/mol. The molecule has 0 spiro atoms. The number of hydrogen-bond acceptors (Lipinski definition) is 4. The van der Waals surface area contributed by atoms with Gasteiger partial charge in [0.25, 0.3) is 0 Å². The lowest BCUT2D eigenvalue weighted by Crippen LogP contribution is -2.30. The van der Waals surface area contributed by atoms with Crippen LogP contribution in [0.3, 0.4) is 0 Å². The Labute approximate surface area is 85.4 Å². The molecule has 2 rings (SSSR count). The fraction of sp³-hybridized carbons (Fsp3) is 1.00. The third-order valence-electron chi connectivity index (χ3n) is 2.97. The molecule has 2 unspecified atom stereocenters. The predicted molar refractivity (Wildman–Crippen MR) is 56.7 cm³/mol. The lowest BCUT2D eigenvalue weighted by atomic mass is 10.1. The summed E-state index contributed by atoms with van der Waals surface area (Å²) in [5, 5.41) is 0. The van der Waals surface area contributed by atoms with E-state index in [9.17, 15) is 4.21 Å². The largest absolute Gasteiger partial charge is 0.379 e. The Kier molecular flexibility index (Phi) is 3.09. The maximum absolute atomic E-state index is 12.0. The van der Waals surface area contributed by atoms with Crippen LogP contribution in [-0.4, -0.2) is 41.5 Å². The first-order valence-corrected chi connectivity index (χ1v) is 7.06. The van der Waals surface area contributed by atoms with Gasteiger partial charge in [0.05, 0.1) is 19.8 Å². The molecule has 2 heterocycles. The molecule has 82 valence electrons. The van der Waals surface area contributed by atoms with E-state index in [0.717, 1.165) is 24.3 Å². The van der Waals surface area contributed by atoms with Gasteiger partial charge in [-0.05, 0) is 12.8 Å². The van der Waals surface area contributed by atoms with Crippen molar-refractivity contribution in [3.8, 4) is 0 Å². The van der Waals surface area contributed by atoms with Crippen LogP contribution in [0.2, 0.25) is 0 Å². The maximum Gasteiger partial charge on any atom is 0.0621 e. The number of hydrogen-bond donors (Lipinski definition) is 1. The minimum absolute atomic E-state index is 0.0863. The highest BCUT2D eigenvalue weighted by Crippen LogP contribution is 2.17. The SMILES string of the molecule is NC1COCC1CN=S1(=O)CCCC1. The molecule has 2 fully saturated rings. The van der Waals surface area contributed by atoms with Crippen molar-refractivity contribution in [2.24, 2.45) is 16.0 Å². The van der Waals surface area contributed by atoms with Crippen LogP contribution in [0.4, 0.5) is 0 Å². The van der Waals surface area contributed by atoms with E-state index in [1.165, 1.54) is 0 Å². The second kappa shape index (κ2) is 4.16. The van der Waals surface area contributed by atoms with Gasteiger partial charge >= 0.3 is 0 Å². The zero-order chi connectivity index (χ0) is 10.0. The van der Waals surface area contributed by atoms with Gasteiger partial charge in [-0.25, -0.2) is 8.57 Å². The molecule has 2 aliphatic rings. The fourth-order valence-corrected chi connectivity index (χ4v) is 4.16. The summed E-state index contributed by atoms with van der Waals surface area (Å²) < 4.78 is 21.6. The van der Waals surface area contributed by atoms with Gasteiger partial charge < -0.3 is 10.5 Å². The average molecular weight is 218 g/mol. The molecular formula is C9H18N2O2S. The molecule has 0 bridgehead atoms. The van der Waals surface area contributed by atoms with Crippen LogP contribution < -0.4 is 5.73 Å². The summed E-state index contributed by atoms with van der Waals surface area (Å²) in [6.07, 6.45) is 2.13. The lowest BCUT2D eigenvalue weighted by Gasteiger charge is -2.10. The third-order valence-corrected chi connectivity index (χ3v) is 5.44. The number of rotatable bonds is 2. The third kappa shape index (κ3) is 2.27. The van der Waals surface area contributed by atoms with Gasteiger partial charge in [0.15, 0.2) is 0 Å². The predicted octanol–water partition coefficient (Wildman–Crippen LogP) is 0.222. The highest BCUT2D eigenvalue weighted by Gasteiger charge is 2.25. The molecule has 2 atom stereocenters. The Morgan fingerprint density at radius 3 is 2.64 bits per heavy atom. The van der Waals surface area contributed by atoms with Crippen LogP contribution in [0.5, 0.6) is 0 Å². The summed E-state index contributed by atoms with van der Waals surface area (Å²) in [4.78, 5) is 0. The van der Waals surface area contributed by atoms with Crippen LogP contribution in [0.15, 0.2) is 4.36 Å². The van der Waals surface area contributed by atoms with Crippen molar-refractivity contribution >= 4 is 9.73 Å². The van der Waals surface area contributed by atoms with Crippen LogP contribution in [0.25, 0.3) is 0 Å². The number of nitrogens with two attached hydrogens (primary N) is 1. The fourth-order valence-electron chi connectivity index (χ4n) is 1.92. The molecule has 14 heavy (non-hydrogen) atoms. The van der Waals surface area contributed by atoms with Crippen LogP contribution in [0.1, 0.15) is 12.8 Å². The van der Waals surface area contributed by atoms with Crippen molar-refractivity contribution < 1.29 is 8.95 Å². The van der Waals surface area contributed by atoms with E-state index < -0.39 is 9.73 Å². The Hall–Kier alpha value is -0.130. The molecule has 0 aromatic heterocycles. The second-order valence-corrected chi connectivity index (χ2v) is 6.78. The normalized spacial score (nSPS) is 36.1. The highest BCUT2D eigenvalue weighted by atomic mass is 32.2. The van der Waals surface area contributed by atoms with E-state index in [0.29, 0.717) is 19.8 Å². The van der Waals surface area contributed by atoms with Crippen molar-refractivity contribution in [3.63, 3.8) is 0 Å². The summed E-state index contributed by atoms with van der Waals surface area (Å²) in [6.45, 7) is 1.93. The van der Waals surface area contributed by atoms with Crippen LogP contribution in [-0.2, 0) is 14.5 Å². The molecule has 2 aliphatic heterocycles. The summed E-state index contributed by atoms with van der Waals surface area (Å²) >= 11 is 0. The molecule has 0 amide bonds. The first-order chi connectivity index (χ1) is 6.70. The summed E-state index contributed by atoms with van der Waals surface area (Å²) in [5.74, 6) is 1.86. The maximum atomic E-state index is 12.0. The van der Waals surface area contributed by atoms with E-state index in [-0.39, 0.29) is 12.0 Å². The Balaban J connectivity index is 1.95. The van der Waals surface area contributed by atoms with Crippen molar-refractivity contribution in [3.05, 3.63) is 0 Å². The van der Waals surface area contributed by atoms with E-state index >= 15 is 0 Å². The van der Waals surface area contributed by atoms with Gasteiger partial charge in [-0.1, -0.05) is 0 Å². The zero-order valence-corrected chi connectivity index (χ0v) is 9.17. The van der Waals surface area contributed by atoms with E-state index in [1.54, 1.807) is 0 Å². The molecule has 5 heteroatoms. The van der Waals surface area contributed by atoms with E-state index in [1.807, 2.05) is 0 Å². The lowest BCUT2D eigenvalue weighted by molar-refractivity contribution is 0.185. The molecule has 0 aliphatic carbocycles. The number of ether oxygens (including phenoxy) is 1. The molecule has 4 nitrogen and oxygen atoms in total. The van der Waals surface area contributed by atoms with Crippen LogP contribution >= 0.6 is 0 Å². The highest BCUT2D eigenvalue weighted by molar-refractivity contribution is 7.93. The topological polar surface area (TPSA) is 64.7 Å². The average Bonchev–Trinajstić information content (AvgIpc) is 2.73. The standard InChI is InChI=1S/C9H18N2O2S/c10-9-7-13-6-8(9)5-11-14(12)3-1-2-4-14/h8-9H,1-7,10H2. The molecular weight excluding hydrogens is 200 g/mol. The van der Waals surface area contributed by atoms with Crippen molar-refractivity contribution in [1.29, 1.82) is 0 Å². The first kappa shape index (κ1) is 10.4. The van der Waals surface area contributed by atoms with Gasteiger partial charge in [-0.15, -0.1) is 0 Å². The van der Waals surface area contributed by atoms with E-state index in [2.05, 4.69) is 4.36 Å². The Morgan fingerprint density at radius 1 is 1.36 bits per heavy atom. The minimum atomic E-state index is -1.85. The molecule has 2 N–H and O–H groups in total. The molecule has 0 aromatic carbocycles. The van der Waals surface area contributed by atoms with Gasteiger partial charge in [-0.2, -0.15) is 0 Å². The van der Waals surface area contributed by atoms with E-state index in [4.69, 9.17) is 10.5 Å². The minimum Gasteiger partial charge on any atom is -0.379 e. The zero-order valence-electron chi connectivity index (χ0n) is 8.35. The molecule has 0 radical (unpaired) electrons. The second-order valence-electron chi connectivity index (χ2n) is 4.16. The van der Waals surface area contributed by atoms with Gasteiger partial charge in [0, 0.05) is 33.2 Å². The Bertz CT molecular complexity index is 298. The summed E-state index contributed by atoms with van der Waals surface area (Å²) in [7, 11) is -1.85. The summed E-state index contributed by atoms with van der Waals surface area (Å²) in [6, 6.07) is 0.0863. The molecule has 0 aromatic rings. The number of nitrogens with zero attached hydrogens (tertiary/aromatic N) is 1. The van der Waals surface area contributed by atoms with Crippen molar-refractivity contribution in [1.82, 2.24) is 0 Å². The van der Waals surface area contributed by atoms with Crippen molar-refractivity contribution in [2.45, 2.75) is 18.9 Å². The van der Waals surface area contributed by atoms with Gasteiger partial charge in [0.2, 0.25) is 0 Å². The van der Waals surface area contributed by atoms with Gasteiger partial charge in [0.1, 0.15) is 0 Å². The van der Waals surface area contributed by atoms with Crippen LogP contribution in [0, 0.1) is 5.92 Å². The quantitative estimate of drug-likeness (QED) is 0.721. The first-order valence-electron chi connectivity index (χ1n) is 5.21. The molecule has 2 saturated heterocycles. The Morgan fingerprint density at radius 2 is 2.07 bits per heavy atom. The van der Waals surface area contributed by atoms with Gasteiger partial charge in [-0.3, -0.25) is 0 Å².